The van der Waals surface area contributed by atoms with Crippen LogP contribution >= 0.6 is 0 Å². The van der Waals surface area contributed by atoms with Gasteiger partial charge in [0, 0.05) is 6.92 Å². The summed E-state index contributed by atoms with van der Waals surface area (Å²) in [5.41, 5.74) is 2.24. The molecule has 0 radical (unpaired) electrons. The quantitative estimate of drug-likeness (QED) is 0.749. The monoisotopic (exact) mass is 353 g/mol. The van der Waals surface area contributed by atoms with Crippen molar-refractivity contribution in [1.82, 2.24) is 0 Å². The molecule has 2 unspecified atom stereocenters. The Morgan fingerprint density at radius 3 is 2.81 bits per heavy atom. The molecule has 0 spiro atoms. The molecule has 1 aromatic carbocycles. The Labute approximate surface area is 155 Å². The van der Waals surface area contributed by atoms with Gasteiger partial charge >= 0.3 is 5.97 Å². The smallest absolute Gasteiger partial charge is 0.302 e. The highest BCUT2D eigenvalue weighted by Crippen LogP contribution is 2.63. The first-order valence-electron chi connectivity index (χ1n) is 9.68. The van der Waals surface area contributed by atoms with Gasteiger partial charge in [-0.05, 0) is 79.0 Å². The van der Waals surface area contributed by atoms with E-state index in [-0.39, 0.29) is 17.5 Å². The number of rotatable bonds is 2. The van der Waals surface area contributed by atoms with E-state index in [0.29, 0.717) is 11.8 Å². The molecule has 5 atom stereocenters. The molecule has 0 aliphatic heterocycles. The third-order valence-corrected chi connectivity index (χ3v) is 7.36. The minimum atomic E-state index is -0.408. The number of carbonyl (C=O) groups is 1. The van der Waals surface area contributed by atoms with Crippen LogP contribution in [0.2, 0.25) is 0 Å². The van der Waals surface area contributed by atoms with Gasteiger partial charge in [0.05, 0.1) is 18.6 Å². The lowest BCUT2D eigenvalue weighted by Crippen LogP contribution is -2.50. The second kappa shape index (κ2) is 6.01. The van der Waals surface area contributed by atoms with E-state index >= 15 is 0 Å². The van der Waals surface area contributed by atoms with Crippen molar-refractivity contribution in [3.05, 3.63) is 29.3 Å². The number of nitrogens with zero attached hydrogens (tertiary/aromatic N) is 1. The molecular weight excluding hydrogens is 326 g/mol. The molecule has 4 heteroatoms. The molecule has 4 nitrogen and oxygen atoms in total. The van der Waals surface area contributed by atoms with Gasteiger partial charge in [-0.1, -0.05) is 13.0 Å². The standard InChI is InChI=1S/C22H27NO3/c1-14(24)26-17-11-20-19-6-4-15-10-16(25-3)5-7-18(15)22(19,13-23)9-8-21(20,2)12-17/h5,7,10,17,19-20H,4,6,8-9,11-12H2,1-3H3/t17-,19?,20?,21-,22+/m1/s1. The zero-order chi connectivity index (χ0) is 18.5. The average Bonchev–Trinajstić information content (AvgIpc) is 2.95. The van der Waals surface area contributed by atoms with Crippen molar-refractivity contribution in [2.75, 3.05) is 7.11 Å². The highest BCUT2D eigenvalue weighted by molar-refractivity contribution is 5.66. The molecule has 26 heavy (non-hydrogen) atoms. The molecule has 0 bridgehead atoms. The number of methoxy groups -OCH3 is 1. The fourth-order valence-electron chi connectivity index (χ4n) is 6.23. The Balaban J connectivity index is 1.72. The van der Waals surface area contributed by atoms with Crippen LogP contribution in [0.5, 0.6) is 5.75 Å². The molecule has 2 saturated carbocycles. The number of ether oxygens (including phenoxy) is 2. The number of esters is 1. The number of fused-ring (bicyclic) bond motifs is 5. The van der Waals surface area contributed by atoms with Gasteiger partial charge in [0.25, 0.3) is 0 Å². The zero-order valence-corrected chi connectivity index (χ0v) is 15.9. The minimum absolute atomic E-state index is 0.00857. The second-order valence-corrected chi connectivity index (χ2v) is 8.68. The Morgan fingerprint density at radius 1 is 1.31 bits per heavy atom. The molecule has 0 saturated heterocycles. The van der Waals surface area contributed by atoms with Gasteiger partial charge < -0.3 is 9.47 Å². The predicted molar refractivity (Wildman–Crippen MR) is 97.7 cm³/mol. The summed E-state index contributed by atoms with van der Waals surface area (Å²) < 4.78 is 11.0. The van der Waals surface area contributed by atoms with Crippen molar-refractivity contribution < 1.29 is 14.3 Å². The normalized spacial score (nSPS) is 37.7. The van der Waals surface area contributed by atoms with E-state index in [2.05, 4.69) is 25.1 Å². The molecule has 3 aliphatic rings. The summed E-state index contributed by atoms with van der Waals surface area (Å²) in [4.78, 5) is 11.4. The summed E-state index contributed by atoms with van der Waals surface area (Å²) >= 11 is 0. The summed E-state index contributed by atoms with van der Waals surface area (Å²) in [7, 11) is 1.69. The van der Waals surface area contributed by atoms with Crippen molar-refractivity contribution in [3.8, 4) is 11.8 Å². The number of nitriles is 1. The fourth-order valence-corrected chi connectivity index (χ4v) is 6.23. The largest absolute Gasteiger partial charge is 0.497 e. The number of carbonyl (C=O) groups excluding carboxylic acids is 1. The van der Waals surface area contributed by atoms with Crippen molar-refractivity contribution in [2.45, 2.75) is 63.9 Å². The lowest BCUT2D eigenvalue weighted by atomic mass is 9.49. The third-order valence-electron chi connectivity index (χ3n) is 7.36. The highest BCUT2D eigenvalue weighted by Gasteiger charge is 2.60. The first-order valence-corrected chi connectivity index (χ1v) is 9.68. The Morgan fingerprint density at radius 2 is 2.12 bits per heavy atom. The molecule has 2 fully saturated rings. The molecule has 0 aromatic heterocycles. The van der Waals surface area contributed by atoms with E-state index in [9.17, 15) is 10.1 Å². The molecule has 0 amide bonds. The van der Waals surface area contributed by atoms with Crippen LogP contribution in [0, 0.1) is 28.6 Å². The van der Waals surface area contributed by atoms with E-state index in [1.807, 2.05) is 6.07 Å². The topological polar surface area (TPSA) is 59.3 Å². The Bertz CT molecular complexity index is 782. The maximum Gasteiger partial charge on any atom is 0.302 e. The number of hydrogen-bond acceptors (Lipinski definition) is 4. The molecule has 1 aromatic rings. The van der Waals surface area contributed by atoms with E-state index in [1.54, 1.807) is 7.11 Å². The van der Waals surface area contributed by atoms with Gasteiger partial charge in [0.2, 0.25) is 0 Å². The van der Waals surface area contributed by atoms with E-state index < -0.39 is 5.41 Å². The fraction of sp³-hybridized carbons (Fsp3) is 0.636. The minimum Gasteiger partial charge on any atom is -0.497 e. The Kier molecular flexibility index (Phi) is 4.02. The predicted octanol–water partition coefficient (Wildman–Crippen LogP) is 4.16. The second-order valence-electron chi connectivity index (χ2n) is 8.68. The number of aryl methyl sites for hydroxylation is 1. The van der Waals surface area contributed by atoms with Gasteiger partial charge in [0.15, 0.2) is 0 Å². The van der Waals surface area contributed by atoms with Gasteiger partial charge in [-0.3, -0.25) is 4.79 Å². The Hall–Kier alpha value is -2.02. The molecule has 0 heterocycles. The highest BCUT2D eigenvalue weighted by atomic mass is 16.5. The molecular formula is C22H27NO3. The van der Waals surface area contributed by atoms with Crippen molar-refractivity contribution >= 4 is 5.97 Å². The van der Waals surface area contributed by atoms with Crippen molar-refractivity contribution in [2.24, 2.45) is 17.3 Å². The van der Waals surface area contributed by atoms with Crippen LogP contribution in [0.1, 0.15) is 57.1 Å². The summed E-state index contributed by atoms with van der Waals surface area (Å²) in [5.74, 6) is 1.46. The van der Waals surface area contributed by atoms with Crippen molar-refractivity contribution in [3.63, 3.8) is 0 Å². The van der Waals surface area contributed by atoms with Gasteiger partial charge in [0.1, 0.15) is 11.9 Å². The first kappa shape index (κ1) is 17.4. The number of benzene rings is 1. The van der Waals surface area contributed by atoms with E-state index in [0.717, 1.165) is 44.3 Å². The summed E-state index contributed by atoms with van der Waals surface area (Å²) in [6.07, 6.45) is 5.78. The molecule has 4 rings (SSSR count). The maximum atomic E-state index is 11.4. The van der Waals surface area contributed by atoms with Gasteiger partial charge in [-0.25, -0.2) is 0 Å². The van der Waals surface area contributed by atoms with Crippen molar-refractivity contribution in [1.29, 1.82) is 5.26 Å². The molecule has 3 aliphatic carbocycles. The van der Waals surface area contributed by atoms with Crippen LogP contribution in [-0.4, -0.2) is 19.2 Å². The molecule has 0 N–H and O–H groups in total. The summed E-state index contributed by atoms with van der Waals surface area (Å²) in [5, 5.41) is 10.3. The van der Waals surface area contributed by atoms with Gasteiger partial charge in [-0.2, -0.15) is 5.26 Å². The van der Waals surface area contributed by atoms with Crippen LogP contribution in [0.3, 0.4) is 0 Å². The number of hydrogen-bond donors (Lipinski definition) is 0. The summed E-state index contributed by atoms with van der Waals surface area (Å²) in [6.45, 7) is 3.83. The van der Waals surface area contributed by atoms with Crippen LogP contribution in [0.25, 0.3) is 0 Å². The third kappa shape index (κ3) is 2.44. The van der Waals surface area contributed by atoms with Crippen LogP contribution < -0.4 is 4.74 Å². The van der Waals surface area contributed by atoms with Gasteiger partial charge in [-0.15, -0.1) is 0 Å². The van der Waals surface area contributed by atoms with Crippen LogP contribution in [-0.2, 0) is 21.4 Å². The lowest BCUT2D eigenvalue weighted by molar-refractivity contribution is -0.146. The van der Waals surface area contributed by atoms with Crippen LogP contribution in [0.15, 0.2) is 18.2 Å². The van der Waals surface area contributed by atoms with Crippen LogP contribution in [0.4, 0.5) is 0 Å². The van der Waals surface area contributed by atoms with E-state index in [4.69, 9.17) is 9.47 Å². The lowest BCUT2D eigenvalue weighted by Gasteiger charge is -2.53. The van der Waals surface area contributed by atoms with E-state index in [1.165, 1.54) is 18.1 Å². The first-order chi connectivity index (χ1) is 12.4. The average molecular weight is 353 g/mol. The molecule has 138 valence electrons. The maximum absolute atomic E-state index is 11.4. The summed E-state index contributed by atoms with van der Waals surface area (Å²) in [6, 6.07) is 8.96. The zero-order valence-electron chi connectivity index (χ0n) is 15.9. The SMILES string of the molecule is COc1ccc2c(c1)CCC1C3C[C@@H](OC(C)=O)C[C@@]3(C)CC[C@]21C#N.